The number of nitro benzene ring substituents is 1. The Morgan fingerprint density at radius 3 is 2.56 bits per heavy atom. The molecule has 2 saturated heterocycles. The molecule has 2 heterocycles. The lowest BCUT2D eigenvalue weighted by molar-refractivity contribution is -0.384. The highest BCUT2D eigenvalue weighted by molar-refractivity contribution is 5.86. The predicted molar refractivity (Wildman–Crippen MR) is 91.0 cm³/mol. The fourth-order valence-corrected chi connectivity index (χ4v) is 3.52. The van der Waals surface area contributed by atoms with Crippen molar-refractivity contribution < 1.29 is 19.2 Å². The average molecular weight is 347 g/mol. The summed E-state index contributed by atoms with van der Waals surface area (Å²) in [7, 11) is 0. The molecule has 0 N–H and O–H groups in total. The largest absolute Gasteiger partial charge is 0.444 e. The molecule has 1 aromatic carbocycles. The number of likely N-dealkylation sites (tertiary alicyclic amines) is 1. The molecule has 25 heavy (non-hydrogen) atoms. The average Bonchev–Trinajstić information content (AvgIpc) is 3.12. The van der Waals surface area contributed by atoms with Crippen molar-refractivity contribution in [3.05, 3.63) is 33.9 Å². The second-order valence-electron chi connectivity index (χ2n) is 7.45. The van der Waals surface area contributed by atoms with Crippen LogP contribution in [0.15, 0.2) is 18.2 Å². The van der Waals surface area contributed by atoms with Gasteiger partial charge in [-0.15, -0.1) is 0 Å². The van der Waals surface area contributed by atoms with Crippen LogP contribution in [0.2, 0.25) is 0 Å². The Balaban J connectivity index is 1.76. The van der Waals surface area contributed by atoms with Gasteiger partial charge in [0, 0.05) is 42.5 Å². The maximum absolute atomic E-state index is 12.3. The smallest absolute Gasteiger partial charge is 0.410 e. The number of hydrogen-bond donors (Lipinski definition) is 0. The quantitative estimate of drug-likeness (QED) is 0.474. The third-order valence-electron chi connectivity index (χ3n) is 4.53. The first-order valence-electron chi connectivity index (χ1n) is 8.19. The zero-order chi connectivity index (χ0) is 18.4. The van der Waals surface area contributed by atoms with Crippen molar-refractivity contribution in [1.82, 2.24) is 4.90 Å². The number of nitro groups is 1. The predicted octanol–water partition coefficient (Wildman–Crippen LogP) is 2.61. The third-order valence-corrected chi connectivity index (χ3v) is 4.53. The summed E-state index contributed by atoms with van der Waals surface area (Å²) >= 11 is 0. The minimum Gasteiger partial charge on any atom is -0.444 e. The summed E-state index contributed by atoms with van der Waals surface area (Å²) in [6, 6.07) is 4.41. The zero-order valence-electron chi connectivity index (χ0n) is 14.5. The fraction of sp³-hybridized carbons (Fsp3) is 0.529. The number of amides is 1. The molecule has 1 aromatic rings. The first-order chi connectivity index (χ1) is 11.7. The SMILES string of the molecule is CC(C)(C)OC(=O)N1C[C@@H]2C[C@H]1CN2c1ccc([N+](=O)[O-])cc1C=O. The number of ether oxygens (including phenoxy) is 1. The van der Waals surface area contributed by atoms with Crippen LogP contribution in [0.4, 0.5) is 16.2 Å². The molecule has 2 atom stereocenters. The van der Waals surface area contributed by atoms with E-state index in [4.69, 9.17) is 4.74 Å². The molecule has 0 saturated carbocycles. The van der Waals surface area contributed by atoms with E-state index >= 15 is 0 Å². The number of rotatable bonds is 3. The van der Waals surface area contributed by atoms with Gasteiger partial charge in [0.15, 0.2) is 6.29 Å². The maximum Gasteiger partial charge on any atom is 0.410 e. The summed E-state index contributed by atoms with van der Waals surface area (Å²) in [6.45, 7) is 6.60. The maximum atomic E-state index is 12.3. The number of fused-ring (bicyclic) bond motifs is 2. The van der Waals surface area contributed by atoms with Gasteiger partial charge in [0.1, 0.15) is 5.60 Å². The molecule has 1 amide bonds. The van der Waals surface area contributed by atoms with Crippen LogP contribution in [0.25, 0.3) is 0 Å². The standard InChI is InChI=1S/C17H21N3O5/c1-17(2,3)25-16(22)19-9-13-7-14(19)8-18(13)15-5-4-12(20(23)24)6-11(15)10-21/h4-6,10,13-14H,7-9H2,1-3H3/t13-,14-/m0/s1. The van der Waals surface area contributed by atoms with Crippen molar-refractivity contribution in [3.8, 4) is 0 Å². The molecule has 0 aromatic heterocycles. The van der Waals surface area contributed by atoms with Gasteiger partial charge in [-0.05, 0) is 33.3 Å². The van der Waals surface area contributed by atoms with Gasteiger partial charge in [0.05, 0.1) is 11.0 Å². The van der Waals surface area contributed by atoms with Gasteiger partial charge in [-0.2, -0.15) is 0 Å². The Kier molecular flexibility index (Phi) is 4.14. The van der Waals surface area contributed by atoms with Crippen molar-refractivity contribution >= 4 is 23.8 Å². The first-order valence-corrected chi connectivity index (χ1v) is 8.19. The summed E-state index contributed by atoms with van der Waals surface area (Å²) in [5.41, 5.74) is 0.329. The van der Waals surface area contributed by atoms with Crippen molar-refractivity contribution in [2.24, 2.45) is 0 Å². The van der Waals surface area contributed by atoms with Crippen molar-refractivity contribution in [2.75, 3.05) is 18.0 Å². The lowest BCUT2D eigenvalue weighted by Gasteiger charge is -2.36. The van der Waals surface area contributed by atoms with Gasteiger partial charge in [-0.1, -0.05) is 0 Å². The van der Waals surface area contributed by atoms with Crippen molar-refractivity contribution in [1.29, 1.82) is 0 Å². The topological polar surface area (TPSA) is 93.0 Å². The highest BCUT2D eigenvalue weighted by atomic mass is 16.6. The number of non-ortho nitro benzene ring substituents is 1. The minimum absolute atomic E-state index is 0.0227. The lowest BCUT2D eigenvalue weighted by atomic mass is 10.1. The Labute approximate surface area is 145 Å². The van der Waals surface area contributed by atoms with Gasteiger partial charge in [-0.25, -0.2) is 4.79 Å². The van der Waals surface area contributed by atoms with Crippen LogP contribution in [0.1, 0.15) is 37.6 Å². The number of carbonyl (C=O) groups is 2. The monoisotopic (exact) mass is 347 g/mol. The minimum atomic E-state index is -0.540. The summed E-state index contributed by atoms with van der Waals surface area (Å²) in [4.78, 5) is 37.8. The van der Waals surface area contributed by atoms with E-state index < -0.39 is 10.5 Å². The number of aldehydes is 1. The summed E-state index contributed by atoms with van der Waals surface area (Å²) in [5, 5.41) is 10.9. The van der Waals surface area contributed by atoms with Crippen LogP contribution in [-0.4, -0.2) is 53.0 Å². The Hall–Kier alpha value is -2.64. The van der Waals surface area contributed by atoms with Crippen LogP contribution in [0.5, 0.6) is 0 Å². The zero-order valence-corrected chi connectivity index (χ0v) is 14.5. The second-order valence-corrected chi connectivity index (χ2v) is 7.45. The number of anilines is 1. The fourth-order valence-electron chi connectivity index (χ4n) is 3.52. The molecule has 8 heteroatoms. The molecule has 0 spiro atoms. The third kappa shape index (κ3) is 3.29. The number of hydrogen-bond acceptors (Lipinski definition) is 6. The number of carbonyl (C=O) groups excluding carboxylic acids is 2. The van der Waals surface area contributed by atoms with E-state index in [1.807, 2.05) is 20.8 Å². The molecule has 2 fully saturated rings. The van der Waals surface area contributed by atoms with E-state index in [-0.39, 0.29) is 23.9 Å². The number of benzene rings is 1. The van der Waals surface area contributed by atoms with Crippen LogP contribution < -0.4 is 4.90 Å². The molecule has 3 rings (SSSR count). The molecule has 2 aliphatic rings. The molecule has 0 radical (unpaired) electrons. The van der Waals surface area contributed by atoms with Crippen LogP contribution in [0.3, 0.4) is 0 Å². The Bertz CT molecular complexity index is 727. The van der Waals surface area contributed by atoms with Gasteiger partial charge in [0.25, 0.3) is 5.69 Å². The van der Waals surface area contributed by atoms with E-state index in [2.05, 4.69) is 4.90 Å². The van der Waals surface area contributed by atoms with Gasteiger partial charge in [0.2, 0.25) is 0 Å². The first kappa shape index (κ1) is 17.2. The van der Waals surface area contributed by atoms with Crippen molar-refractivity contribution in [3.63, 3.8) is 0 Å². The van der Waals surface area contributed by atoms with Gasteiger partial charge < -0.3 is 14.5 Å². The van der Waals surface area contributed by atoms with Crippen LogP contribution in [-0.2, 0) is 4.74 Å². The van der Waals surface area contributed by atoms with E-state index in [9.17, 15) is 19.7 Å². The molecule has 0 unspecified atom stereocenters. The number of piperazine rings is 1. The van der Waals surface area contributed by atoms with Gasteiger partial charge >= 0.3 is 6.09 Å². The normalized spacial score (nSPS) is 22.2. The molecule has 134 valence electrons. The molecule has 0 aliphatic carbocycles. The van der Waals surface area contributed by atoms with Crippen LogP contribution >= 0.6 is 0 Å². The molecular weight excluding hydrogens is 326 g/mol. The van der Waals surface area contributed by atoms with E-state index in [1.165, 1.54) is 12.1 Å². The second kappa shape index (κ2) is 6.02. The van der Waals surface area contributed by atoms with Crippen LogP contribution in [0, 0.1) is 10.1 Å². The molecule has 2 aliphatic heterocycles. The molecule has 2 bridgehead atoms. The van der Waals surface area contributed by atoms with E-state index in [1.54, 1.807) is 11.0 Å². The van der Waals surface area contributed by atoms with Crippen molar-refractivity contribution in [2.45, 2.75) is 44.9 Å². The highest BCUT2D eigenvalue weighted by Gasteiger charge is 2.47. The summed E-state index contributed by atoms with van der Waals surface area (Å²) in [5.74, 6) is 0. The molecule has 8 nitrogen and oxygen atoms in total. The summed E-state index contributed by atoms with van der Waals surface area (Å²) < 4.78 is 5.44. The summed E-state index contributed by atoms with van der Waals surface area (Å²) in [6.07, 6.45) is 1.12. The lowest BCUT2D eigenvalue weighted by Crippen LogP contribution is -2.50. The Morgan fingerprint density at radius 1 is 1.32 bits per heavy atom. The van der Waals surface area contributed by atoms with E-state index in [0.717, 1.165) is 6.42 Å². The highest BCUT2D eigenvalue weighted by Crippen LogP contribution is 2.37. The molecular formula is C17H21N3O5. The number of nitrogens with zero attached hydrogens (tertiary/aromatic N) is 3. The Morgan fingerprint density at radius 2 is 2.04 bits per heavy atom. The van der Waals surface area contributed by atoms with E-state index in [0.29, 0.717) is 30.6 Å². The van der Waals surface area contributed by atoms with Gasteiger partial charge in [-0.3, -0.25) is 14.9 Å².